The topological polar surface area (TPSA) is 76.2 Å². The van der Waals surface area contributed by atoms with Crippen molar-refractivity contribution < 1.29 is 22.7 Å². The summed E-state index contributed by atoms with van der Waals surface area (Å²) in [4.78, 5) is 41.4. The van der Waals surface area contributed by atoms with Gasteiger partial charge in [0.2, 0.25) is 0 Å². The van der Waals surface area contributed by atoms with Crippen molar-refractivity contribution in [1.29, 1.82) is 0 Å². The Balaban J connectivity index is 1.40. The standard InChI is InChI=1S/C20H24N2O5S/c1-2-4-14-5-6-15-16(11-14)28(26-17(23)18(24)27-28)19(25)22(15)10-9-21-12-20(13-21)7-3-8-20/h5-6,11H,2-4,7-10,12-13H2,1H3. The van der Waals surface area contributed by atoms with E-state index in [-0.39, 0.29) is 0 Å². The van der Waals surface area contributed by atoms with E-state index < -0.39 is 27.8 Å². The number of likely N-dealkylation sites (tertiary alicyclic amines) is 1. The zero-order valence-corrected chi connectivity index (χ0v) is 16.8. The summed E-state index contributed by atoms with van der Waals surface area (Å²) in [7, 11) is -3.04. The first-order valence-corrected chi connectivity index (χ1v) is 11.4. The van der Waals surface area contributed by atoms with Crippen LogP contribution in [0, 0.1) is 5.41 Å². The van der Waals surface area contributed by atoms with Crippen LogP contribution < -0.4 is 4.90 Å². The number of anilines is 1. The van der Waals surface area contributed by atoms with E-state index in [2.05, 4.69) is 11.8 Å². The summed E-state index contributed by atoms with van der Waals surface area (Å²) in [5.41, 5.74) is 2.27. The molecule has 7 nitrogen and oxygen atoms in total. The molecule has 2 saturated heterocycles. The third kappa shape index (κ3) is 2.50. The molecule has 5 rings (SSSR count). The molecule has 0 atom stereocenters. The average molecular weight is 404 g/mol. The average Bonchev–Trinajstić information content (AvgIpc) is 3.01. The molecule has 1 aromatic rings. The molecule has 3 aliphatic heterocycles. The number of hydrogen-bond acceptors (Lipinski definition) is 6. The number of carbonyl (C=O) groups excluding carboxylic acids is 3. The molecular formula is C20H24N2O5S. The zero-order valence-electron chi connectivity index (χ0n) is 15.9. The monoisotopic (exact) mass is 404 g/mol. The predicted octanol–water partition coefficient (Wildman–Crippen LogP) is 3.16. The van der Waals surface area contributed by atoms with Gasteiger partial charge in [0.05, 0.1) is 5.69 Å². The number of nitrogens with zero attached hydrogens (tertiary/aromatic N) is 2. The molecule has 150 valence electrons. The maximum atomic E-state index is 13.3. The van der Waals surface area contributed by atoms with Crippen molar-refractivity contribution in [2.24, 2.45) is 5.41 Å². The molecule has 2 spiro atoms. The van der Waals surface area contributed by atoms with Gasteiger partial charge in [-0.2, -0.15) is 0 Å². The number of rotatable bonds is 5. The second kappa shape index (κ2) is 6.22. The Morgan fingerprint density at radius 1 is 1.07 bits per heavy atom. The van der Waals surface area contributed by atoms with E-state index in [1.54, 1.807) is 4.90 Å². The molecule has 8 heteroatoms. The summed E-state index contributed by atoms with van der Waals surface area (Å²) < 4.78 is 10.6. The van der Waals surface area contributed by atoms with Gasteiger partial charge in [-0.1, -0.05) is 25.8 Å². The van der Waals surface area contributed by atoms with Crippen LogP contribution in [0.15, 0.2) is 23.1 Å². The Kier molecular flexibility index (Phi) is 4.00. The van der Waals surface area contributed by atoms with E-state index in [1.807, 2.05) is 18.2 Å². The van der Waals surface area contributed by atoms with Crippen molar-refractivity contribution >= 4 is 33.5 Å². The molecule has 1 aliphatic carbocycles. The first-order valence-electron chi connectivity index (χ1n) is 9.94. The quantitative estimate of drug-likeness (QED) is 0.702. The summed E-state index contributed by atoms with van der Waals surface area (Å²) in [6.45, 7) is 5.53. The van der Waals surface area contributed by atoms with Crippen LogP contribution >= 0.6 is 10.6 Å². The van der Waals surface area contributed by atoms with Gasteiger partial charge in [0.1, 0.15) is 4.90 Å². The minimum atomic E-state index is -3.04. The van der Waals surface area contributed by atoms with Gasteiger partial charge in [0.15, 0.2) is 0 Å². The molecule has 4 aliphatic rings. The number of hydrogen-bond donors (Lipinski definition) is 0. The third-order valence-corrected chi connectivity index (χ3v) is 8.68. The number of carbonyl (C=O) groups is 3. The molecule has 0 aromatic heterocycles. The molecule has 1 aromatic carbocycles. The van der Waals surface area contributed by atoms with E-state index in [0.29, 0.717) is 22.5 Å². The number of aryl methyl sites for hydroxylation is 1. The molecular weight excluding hydrogens is 380 g/mol. The van der Waals surface area contributed by atoms with Crippen molar-refractivity contribution in [3.8, 4) is 0 Å². The van der Waals surface area contributed by atoms with Gasteiger partial charge >= 0.3 is 17.2 Å². The van der Waals surface area contributed by atoms with Crippen molar-refractivity contribution in [3.63, 3.8) is 0 Å². The zero-order chi connectivity index (χ0) is 19.5. The van der Waals surface area contributed by atoms with Crippen LogP contribution in [0.2, 0.25) is 0 Å². The lowest BCUT2D eigenvalue weighted by Gasteiger charge is -2.56. The van der Waals surface area contributed by atoms with Crippen LogP contribution in [-0.2, 0) is 24.4 Å². The Morgan fingerprint density at radius 3 is 2.39 bits per heavy atom. The normalized spacial score (nSPS) is 25.3. The highest BCUT2D eigenvalue weighted by atomic mass is 32.3. The Labute approximate surface area is 165 Å². The van der Waals surface area contributed by atoms with Crippen LogP contribution in [-0.4, -0.2) is 48.3 Å². The van der Waals surface area contributed by atoms with Gasteiger partial charge in [-0.3, -0.25) is 4.90 Å². The highest BCUT2D eigenvalue weighted by Gasteiger charge is 2.56. The molecule has 1 amide bonds. The Bertz CT molecular complexity index is 857. The fourth-order valence-electron chi connectivity index (χ4n) is 4.74. The van der Waals surface area contributed by atoms with Gasteiger partial charge < -0.3 is 13.3 Å². The largest absolute Gasteiger partial charge is 0.442 e. The van der Waals surface area contributed by atoms with Gasteiger partial charge in [0, 0.05) is 36.8 Å². The SMILES string of the molecule is CCCc1ccc2c(c1)S1(OC(=O)C(=O)O1)C(=O)N2CCN1CC2(CCC2)C1. The van der Waals surface area contributed by atoms with Crippen molar-refractivity contribution in [3.05, 3.63) is 23.8 Å². The number of benzene rings is 1. The molecule has 28 heavy (non-hydrogen) atoms. The van der Waals surface area contributed by atoms with Gasteiger partial charge in [-0.05, 0) is 42.4 Å². The Hall–Kier alpha value is -2.06. The van der Waals surface area contributed by atoms with Crippen LogP contribution in [0.25, 0.3) is 0 Å². The predicted molar refractivity (Wildman–Crippen MR) is 104 cm³/mol. The maximum Gasteiger partial charge on any atom is 0.442 e. The second-order valence-electron chi connectivity index (χ2n) is 8.28. The fourth-order valence-corrected chi connectivity index (χ4v) is 7.09. The third-order valence-electron chi connectivity index (χ3n) is 6.32. The van der Waals surface area contributed by atoms with Crippen molar-refractivity contribution in [2.75, 3.05) is 31.1 Å². The van der Waals surface area contributed by atoms with E-state index in [9.17, 15) is 14.4 Å². The van der Waals surface area contributed by atoms with Crippen LogP contribution in [0.5, 0.6) is 0 Å². The maximum absolute atomic E-state index is 13.3. The molecule has 0 radical (unpaired) electrons. The summed E-state index contributed by atoms with van der Waals surface area (Å²) in [5.74, 6) is -2.15. The first-order chi connectivity index (χ1) is 13.5. The smallest absolute Gasteiger partial charge is 0.320 e. The van der Waals surface area contributed by atoms with Gasteiger partial charge in [-0.15, -0.1) is 0 Å². The van der Waals surface area contributed by atoms with E-state index in [0.717, 1.165) is 38.0 Å². The van der Waals surface area contributed by atoms with Crippen molar-refractivity contribution in [2.45, 2.75) is 43.9 Å². The molecule has 3 fully saturated rings. The molecule has 0 N–H and O–H groups in total. The lowest BCUT2D eigenvalue weighted by atomic mass is 9.63. The molecule has 1 saturated carbocycles. The number of fused-ring (bicyclic) bond motifs is 2. The van der Waals surface area contributed by atoms with Gasteiger partial charge in [0.25, 0.3) is 0 Å². The second-order valence-corrected chi connectivity index (χ2v) is 10.4. The first kappa shape index (κ1) is 18.0. The molecule has 3 heterocycles. The summed E-state index contributed by atoms with van der Waals surface area (Å²) >= 11 is 0. The van der Waals surface area contributed by atoms with E-state index >= 15 is 0 Å². The van der Waals surface area contributed by atoms with E-state index in [1.165, 1.54) is 19.3 Å². The summed E-state index contributed by atoms with van der Waals surface area (Å²) in [6, 6.07) is 5.75. The van der Waals surface area contributed by atoms with Crippen LogP contribution in [0.1, 0.15) is 38.2 Å². The number of amides is 1. The van der Waals surface area contributed by atoms with Gasteiger partial charge in [-0.25, -0.2) is 14.4 Å². The lowest BCUT2D eigenvalue weighted by molar-refractivity contribution is -0.150. The molecule has 0 bridgehead atoms. The van der Waals surface area contributed by atoms with Crippen LogP contribution in [0.3, 0.4) is 0 Å². The fraction of sp³-hybridized carbons (Fsp3) is 0.550. The molecule has 0 unspecified atom stereocenters. The van der Waals surface area contributed by atoms with Crippen LogP contribution in [0.4, 0.5) is 10.5 Å². The van der Waals surface area contributed by atoms with Crippen molar-refractivity contribution in [1.82, 2.24) is 4.90 Å². The minimum absolute atomic E-state index is 0.408. The minimum Gasteiger partial charge on any atom is -0.320 e. The highest BCUT2D eigenvalue weighted by Crippen LogP contribution is 2.69. The summed E-state index contributed by atoms with van der Waals surface area (Å²) in [5, 5.41) is -0.408. The summed E-state index contributed by atoms with van der Waals surface area (Å²) in [6.07, 6.45) is 5.75. The Morgan fingerprint density at radius 2 is 1.79 bits per heavy atom. The lowest BCUT2D eigenvalue weighted by Crippen LogP contribution is -2.60. The highest BCUT2D eigenvalue weighted by molar-refractivity contribution is 8.39. The van der Waals surface area contributed by atoms with E-state index in [4.69, 9.17) is 8.37 Å².